The molecule has 0 saturated heterocycles. The van der Waals surface area contributed by atoms with Gasteiger partial charge in [0.15, 0.2) is 11.2 Å². The first-order valence-corrected chi connectivity index (χ1v) is 10.1. The van der Waals surface area contributed by atoms with Gasteiger partial charge in [0.25, 0.3) is 0 Å². The van der Waals surface area contributed by atoms with Gasteiger partial charge in [0.2, 0.25) is 17.6 Å². The van der Waals surface area contributed by atoms with Crippen LogP contribution in [0.2, 0.25) is 0 Å². The van der Waals surface area contributed by atoms with E-state index in [1.807, 2.05) is 49.4 Å². The van der Waals surface area contributed by atoms with E-state index in [0.29, 0.717) is 12.1 Å². The summed E-state index contributed by atoms with van der Waals surface area (Å²) in [4.78, 5) is 39.6. The van der Waals surface area contributed by atoms with E-state index < -0.39 is 28.8 Å². The van der Waals surface area contributed by atoms with Crippen molar-refractivity contribution in [1.82, 2.24) is 16.0 Å². The standard InChI is InChI=1S/C23H28N4O3/c1-4-19(28)27-23(25-3,15(2)16-10-6-5-7-11-16)20(29)22(21(24)30)18-13-9-8-12-17(18)14-26-22/h5-13,15,25-26H,4,14H2,1-3H3,(H2,24,30)(H,27,28). The number of nitrogens with two attached hydrogens (primary N) is 1. The van der Waals surface area contributed by atoms with Crippen molar-refractivity contribution in [2.45, 2.75) is 43.9 Å². The molecule has 2 aromatic rings. The highest BCUT2D eigenvalue weighted by molar-refractivity contribution is 6.16. The van der Waals surface area contributed by atoms with Crippen molar-refractivity contribution in [3.63, 3.8) is 0 Å². The van der Waals surface area contributed by atoms with E-state index in [0.717, 1.165) is 11.1 Å². The van der Waals surface area contributed by atoms with Crippen LogP contribution in [0.5, 0.6) is 0 Å². The largest absolute Gasteiger partial charge is 0.367 e. The summed E-state index contributed by atoms with van der Waals surface area (Å²) in [6.45, 7) is 3.88. The molecule has 0 fully saturated rings. The Morgan fingerprint density at radius 1 is 1.13 bits per heavy atom. The summed E-state index contributed by atoms with van der Waals surface area (Å²) in [5.41, 5.74) is 4.70. The zero-order valence-electron chi connectivity index (χ0n) is 17.5. The van der Waals surface area contributed by atoms with Crippen molar-refractivity contribution in [2.24, 2.45) is 5.73 Å². The predicted octanol–water partition coefficient (Wildman–Crippen LogP) is 1.29. The van der Waals surface area contributed by atoms with Crippen LogP contribution in [-0.2, 0) is 26.5 Å². The molecule has 2 aromatic carbocycles. The highest BCUT2D eigenvalue weighted by Gasteiger charge is 2.59. The maximum Gasteiger partial charge on any atom is 0.250 e. The third kappa shape index (κ3) is 3.30. The summed E-state index contributed by atoms with van der Waals surface area (Å²) < 4.78 is 0. The molecule has 2 amide bonds. The Balaban J connectivity index is 2.21. The van der Waals surface area contributed by atoms with E-state index in [-0.39, 0.29) is 12.3 Å². The molecule has 0 saturated carbocycles. The molecule has 0 aromatic heterocycles. The number of hydrogen-bond acceptors (Lipinski definition) is 5. The second-order valence-corrected chi connectivity index (χ2v) is 7.55. The van der Waals surface area contributed by atoms with E-state index in [1.54, 1.807) is 26.1 Å². The van der Waals surface area contributed by atoms with Crippen molar-refractivity contribution in [1.29, 1.82) is 0 Å². The normalized spacial score (nSPS) is 20.6. The number of nitrogens with one attached hydrogen (secondary N) is 3. The monoisotopic (exact) mass is 408 g/mol. The Bertz CT molecular complexity index is 962. The number of carbonyl (C=O) groups is 3. The van der Waals surface area contributed by atoms with Gasteiger partial charge in [0.05, 0.1) is 0 Å². The minimum Gasteiger partial charge on any atom is -0.367 e. The van der Waals surface area contributed by atoms with Crippen LogP contribution in [0, 0.1) is 0 Å². The van der Waals surface area contributed by atoms with Crippen molar-refractivity contribution in [3.8, 4) is 0 Å². The highest BCUT2D eigenvalue weighted by atomic mass is 16.2. The Kier molecular flexibility index (Phi) is 6.05. The number of hydrogen-bond donors (Lipinski definition) is 4. The van der Waals surface area contributed by atoms with Crippen molar-refractivity contribution < 1.29 is 14.4 Å². The molecule has 3 atom stereocenters. The minimum atomic E-state index is -1.76. The van der Waals surface area contributed by atoms with Gasteiger partial charge in [-0.15, -0.1) is 0 Å². The first-order valence-electron chi connectivity index (χ1n) is 10.1. The van der Waals surface area contributed by atoms with Gasteiger partial charge in [-0.05, 0) is 23.7 Å². The highest BCUT2D eigenvalue weighted by Crippen LogP contribution is 2.38. The van der Waals surface area contributed by atoms with Crippen molar-refractivity contribution >= 4 is 17.6 Å². The smallest absolute Gasteiger partial charge is 0.250 e. The molecule has 1 heterocycles. The van der Waals surface area contributed by atoms with Gasteiger partial charge in [0, 0.05) is 18.9 Å². The maximum atomic E-state index is 14.3. The van der Waals surface area contributed by atoms with E-state index in [2.05, 4.69) is 16.0 Å². The van der Waals surface area contributed by atoms with Crippen molar-refractivity contribution in [3.05, 3.63) is 71.3 Å². The van der Waals surface area contributed by atoms with Gasteiger partial charge in [0.1, 0.15) is 0 Å². The van der Waals surface area contributed by atoms with Crippen LogP contribution in [0.1, 0.15) is 42.9 Å². The van der Waals surface area contributed by atoms with E-state index in [4.69, 9.17) is 5.73 Å². The van der Waals surface area contributed by atoms with Gasteiger partial charge in [-0.3, -0.25) is 25.0 Å². The topological polar surface area (TPSA) is 113 Å². The molecule has 3 rings (SSSR count). The third-order valence-corrected chi connectivity index (χ3v) is 6.03. The van der Waals surface area contributed by atoms with Crippen LogP contribution in [0.25, 0.3) is 0 Å². The van der Waals surface area contributed by atoms with Crippen LogP contribution in [-0.4, -0.2) is 30.3 Å². The van der Waals surface area contributed by atoms with Gasteiger partial charge in [-0.1, -0.05) is 68.4 Å². The Hall–Kier alpha value is -3.03. The van der Waals surface area contributed by atoms with Gasteiger partial charge >= 0.3 is 0 Å². The second kappa shape index (κ2) is 8.38. The Morgan fingerprint density at radius 3 is 2.37 bits per heavy atom. The summed E-state index contributed by atoms with van der Waals surface area (Å²) in [5, 5.41) is 8.96. The lowest BCUT2D eigenvalue weighted by atomic mass is 9.73. The van der Waals surface area contributed by atoms with Crippen LogP contribution in [0.4, 0.5) is 0 Å². The number of likely N-dealkylation sites (N-methyl/N-ethyl adjacent to an activating group) is 1. The Morgan fingerprint density at radius 2 is 1.77 bits per heavy atom. The number of carbonyl (C=O) groups excluding carboxylic acids is 3. The maximum absolute atomic E-state index is 14.3. The minimum absolute atomic E-state index is 0.186. The number of ketones is 1. The molecule has 7 heteroatoms. The van der Waals surface area contributed by atoms with Crippen LogP contribution in [0.3, 0.4) is 0 Å². The number of amides is 2. The fraction of sp³-hybridized carbons (Fsp3) is 0.348. The van der Waals surface area contributed by atoms with E-state index in [1.165, 1.54) is 0 Å². The fourth-order valence-corrected chi connectivity index (χ4v) is 4.25. The molecule has 0 radical (unpaired) electrons. The van der Waals surface area contributed by atoms with Gasteiger partial charge in [-0.2, -0.15) is 0 Å². The molecule has 30 heavy (non-hydrogen) atoms. The Labute approximate surface area is 176 Å². The predicted molar refractivity (Wildman–Crippen MR) is 114 cm³/mol. The molecule has 158 valence electrons. The molecular weight excluding hydrogens is 380 g/mol. The lowest BCUT2D eigenvalue weighted by Crippen LogP contribution is -2.73. The molecule has 7 nitrogen and oxygen atoms in total. The van der Waals surface area contributed by atoms with Crippen LogP contribution in [0.15, 0.2) is 54.6 Å². The summed E-state index contributed by atoms with van der Waals surface area (Å²) >= 11 is 0. The average Bonchev–Trinajstić information content (AvgIpc) is 3.17. The molecule has 5 N–H and O–H groups in total. The first kappa shape index (κ1) is 21.7. The van der Waals surface area contributed by atoms with E-state index in [9.17, 15) is 14.4 Å². The number of fused-ring (bicyclic) bond motifs is 1. The first-order chi connectivity index (χ1) is 14.3. The molecule has 1 aliphatic rings. The summed E-state index contributed by atoms with van der Waals surface area (Å²) in [6.07, 6.45) is 0.186. The average molecular weight is 409 g/mol. The van der Waals surface area contributed by atoms with Gasteiger partial charge < -0.3 is 11.1 Å². The van der Waals surface area contributed by atoms with Crippen molar-refractivity contribution in [2.75, 3.05) is 7.05 Å². The van der Waals surface area contributed by atoms with Crippen LogP contribution >= 0.6 is 0 Å². The number of rotatable bonds is 8. The van der Waals surface area contributed by atoms with E-state index >= 15 is 0 Å². The number of benzene rings is 2. The molecule has 3 unspecified atom stereocenters. The van der Waals surface area contributed by atoms with Gasteiger partial charge in [-0.25, -0.2) is 0 Å². The molecule has 0 spiro atoms. The quantitative estimate of drug-likeness (QED) is 0.388. The van der Waals surface area contributed by atoms with Crippen LogP contribution < -0.4 is 21.7 Å². The fourth-order valence-electron chi connectivity index (χ4n) is 4.25. The second-order valence-electron chi connectivity index (χ2n) is 7.55. The number of Topliss-reactive ketones (excluding diaryl/α,β-unsaturated/α-hetero) is 1. The SMILES string of the molecule is CCC(=O)NC(NC)(C(=O)C1(C(N)=O)NCc2ccccc21)C(C)c1ccccc1. The lowest BCUT2D eigenvalue weighted by molar-refractivity contribution is -0.145. The summed E-state index contributed by atoms with van der Waals surface area (Å²) in [6, 6.07) is 16.6. The molecule has 1 aliphatic heterocycles. The molecule has 0 bridgehead atoms. The molecule has 0 aliphatic carbocycles. The zero-order chi connectivity index (χ0) is 21.9. The lowest BCUT2D eigenvalue weighted by Gasteiger charge is -2.43. The zero-order valence-corrected chi connectivity index (χ0v) is 17.5. The number of primary amides is 1. The molecular formula is C23H28N4O3. The summed E-state index contributed by atoms with van der Waals surface area (Å²) in [7, 11) is 1.60. The summed E-state index contributed by atoms with van der Waals surface area (Å²) in [5.74, 6) is -2.14. The third-order valence-electron chi connectivity index (χ3n) is 6.03.